The Morgan fingerprint density at radius 1 is 1.38 bits per heavy atom. The molecule has 0 radical (unpaired) electrons. The second-order valence-corrected chi connectivity index (χ2v) is 5.74. The van der Waals surface area contributed by atoms with E-state index < -0.39 is 18.6 Å². The van der Waals surface area contributed by atoms with E-state index in [9.17, 15) is 26.2 Å². The summed E-state index contributed by atoms with van der Waals surface area (Å²) in [6.45, 7) is 1.60. The summed E-state index contributed by atoms with van der Waals surface area (Å²) in [7, 11) is 0. The van der Waals surface area contributed by atoms with Crippen LogP contribution in [0.5, 0.6) is 0 Å². The van der Waals surface area contributed by atoms with Crippen molar-refractivity contribution in [1.29, 1.82) is 0 Å². The van der Waals surface area contributed by atoms with Crippen LogP contribution in [0.4, 0.5) is 22.0 Å². The van der Waals surface area contributed by atoms with Crippen molar-refractivity contribution in [2.75, 3.05) is 19.6 Å². The first-order chi connectivity index (χ1) is 9.59. The number of carboxylic acid groups (broad SMARTS) is 1. The molecule has 0 amide bonds. The van der Waals surface area contributed by atoms with E-state index in [-0.39, 0.29) is 24.4 Å². The maximum Gasteiger partial charge on any atom is 0.490 e. The van der Waals surface area contributed by atoms with Crippen molar-refractivity contribution in [3.63, 3.8) is 0 Å². The molecule has 21 heavy (non-hydrogen) atoms. The normalized spacial score (nSPS) is 20.7. The third-order valence-electron chi connectivity index (χ3n) is 3.43. The van der Waals surface area contributed by atoms with E-state index in [4.69, 9.17) is 9.90 Å². The number of carboxylic acids is 1. The van der Waals surface area contributed by atoms with Gasteiger partial charge in [-0.1, -0.05) is 0 Å². The zero-order chi connectivity index (χ0) is 16.3. The van der Waals surface area contributed by atoms with Gasteiger partial charge in [0.05, 0.1) is 18.4 Å². The van der Waals surface area contributed by atoms with Crippen molar-refractivity contribution >= 4 is 17.8 Å². The van der Waals surface area contributed by atoms with Gasteiger partial charge in [-0.25, -0.2) is 22.1 Å². The van der Waals surface area contributed by atoms with Crippen molar-refractivity contribution in [3.8, 4) is 0 Å². The molecule has 11 heteroatoms. The Morgan fingerprint density at radius 2 is 1.86 bits per heavy atom. The summed E-state index contributed by atoms with van der Waals surface area (Å²) < 4.78 is 67.9. The number of rotatable bonds is 4. The first-order valence-electron chi connectivity index (χ1n) is 5.98. The van der Waals surface area contributed by atoms with Crippen LogP contribution in [0.2, 0.25) is 0 Å². The van der Waals surface area contributed by atoms with Gasteiger partial charge < -0.3 is 10.4 Å². The summed E-state index contributed by atoms with van der Waals surface area (Å²) in [5.74, 6) is -2.76. The van der Waals surface area contributed by atoms with Gasteiger partial charge in [0.25, 0.3) is 6.43 Å². The molecule has 2 fully saturated rings. The molecule has 0 atom stereocenters. The van der Waals surface area contributed by atoms with Crippen molar-refractivity contribution < 1.29 is 36.1 Å². The second kappa shape index (κ2) is 6.97. The molecular formula is C10H15F5N2O3S. The van der Waals surface area contributed by atoms with E-state index in [0.29, 0.717) is 5.41 Å². The molecule has 1 spiro atoms. The summed E-state index contributed by atoms with van der Waals surface area (Å²) in [5, 5.41) is 10.3. The first-order valence-corrected chi connectivity index (χ1v) is 6.75. The van der Waals surface area contributed by atoms with E-state index >= 15 is 0 Å². The van der Waals surface area contributed by atoms with Crippen LogP contribution in [0.15, 0.2) is 0 Å². The summed E-state index contributed by atoms with van der Waals surface area (Å²) in [6, 6.07) is 0.0882. The molecule has 0 aromatic rings. The van der Waals surface area contributed by atoms with Gasteiger partial charge in [-0.2, -0.15) is 13.2 Å². The van der Waals surface area contributed by atoms with Crippen LogP contribution >= 0.6 is 0 Å². The number of hydrogen-bond acceptors (Lipinski definition) is 3. The Hall–Kier alpha value is -0.810. The van der Waals surface area contributed by atoms with Crippen molar-refractivity contribution in [2.24, 2.45) is 5.41 Å². The zero-order valence-electron chi connectivity index (χ0n) is 10.7. The third-order valence-corrected chi connectivity index (χ3v) is 4.13. The predicted octanol–water partition coefficient (Wildman–Crippen LogP) is 0.799. The summed E-state index contributed by atoms with van der Waals surface area (Å²) in [5.41, 5.74) is 0.343. The minimum Gasteiger partial charge on any atom is -0.475 e. The third kappa shape index (κ3) is 5.15. The van der Waals surface area contributed by atoms with Crippen LogP contribution < -0.4 is 5.32 Å². The van der Waals surface area contributed by atoms with E-state index in [1.54, 1.807) is 0 Å². The predicted molar refractivity (Wildman–Crippen MR) is 64.3 cm³/mol. The lowest BCUT2D eigenvalue weighted by molar-refractivity contribution is -0.192. The van der Waals surface area contributed by atoms with Crippen molar-refractivity contribution in [3.05, 3.63) is 0 Å². The van der Waals surface area contributed by atoms with Crippen LogP contribution in [-0.4, -0.2) is 57.9 Å². The Labute approximate surface area is 121 Å². The quantitative estimate of drug-likeness (QED) is 0.524. The van der Waals surface area contributed by atoms with Gasteiger partial charge in [0.2, 0.25) is 0 Å². The molecule has 0 aromatic carbocycles. The van der Waals surface area contributed by atoms with Crippen LogP contribution in [0.25, 0.3) is 0 Å². The molecule has 124 valence electrons. The minimum absolute atomic E-state index is 0.0882. The average molecular weight is 338 g/mol. The Balaban J connectivity index is 0.000000270. The van der Waals surface area contributed by atoms with Gasteiger partial charge in [0.1, 0.15) is 0 Å². The molecular weight excluding hydrogens is 323 g/mol. The standard InChI is InChI=1S/C8H14F2N2OS.C2HF3O2/c9-7(10)3-12(14-13)6-1-8(2-6)4-11-5-8;3-2(4,5)1(6)7/h6-7,11,14H,1-5H2;(H,6,7). The largest absolute Gasteiger partial charge is 0.490 e. The highest BCUT2D eigenvalue weighted by Gasteiger charge is 2.50. The van der Waals surface area contributed by atoms with Gasteiger partial charge in [0.15, 0.2) is 0 Å². The molecule has 1 heterocycles. The molecule has 5 nitrogen and oxygen atoms in total. The van der Waals surface area contributed by atoms with E-state index in [0.717, 1.165) is 25.9 Å². The SMILES string of the molecule is O=C(O)C(F)(F)F.O=[SH]N(CC(F)F)C1CC2(CNC2)C1. The van der Waals surface area contributed by atoms with Crippen LogP contribution in [0, 0.1) is 5.41 Å². The second-order valence-electron chi connectivity index (χ2n) is 5.06. The van der Waals surface area contributed by atoms with Crippen LogP contribution in [0.1, 0.15) is 12.8 Å². The fourth-order valence-electron chi connectivity index (χ4n) is 2.31. The molecule has 2 rings (SSSR count). The van der Waals surface area contributed by atoms with E-state index in [2.05, 4.69) is 5.32 Å². The lowest BCUT2D eigenvalue weighted by Gasteiger charge is -2.56. The van der Waals surface area contributed by atoms with E-state index in [1.165, 1.54) is 4.31 Å². The Morgan fingerprint density at radius 3 is 2.10 bits per heavy atom. The monoisotopic (exact) mass is 338 g/mol. The van der Waals surface area contributed by atoms with Gasteiger partial charge >= 0.3 is 12.1 Å². The first kappa shape index (κ1) is 18.2. The van der Waals surface area contributed by atoms with Crippen LogP contribution in [0.3, 0.4) is 0 Å². The van der Waals surface area contributed by atoms with Gasteiger partial charge in [0, 0.05) is 19.1 Å². The number of carbonyl (C=O) groups is 1. The smallest absolute Gasteiger partial charge is 0.475 e. The summed E-state index contributed by atoms with van der Waals surface area (Å²) in [4.78, 5) is 8.90. The topological polar surface area (TPSA) is 69.6 Å². The Bertz CT molecular complexity index is 381. The highest BCUT2D eigenvalue weighted by Crippen LogP contribution is 2.46. The number of hydrogen-bond donors (Lipinski definition) is 3. The van der Waals surface area contributed by atoms with Gasteiger partial charge in [-0.15, -0.1) is 0 Å². The molecule has 1 aliphatic carbocycles. The number of thiol groups is 1. The number of alkyl halides is 5. The minimum atomic E-state index is -5.08. The zero-order valence-corrected chi connectivity index (χ0v) is 11.6. The molecule has 1 saturated heterocycles. The number of halogens is 5. The molecule has 0 aromatic heterocycles. The number of nitrogens with zero attached hydrogens (tertiary/aromatic N) is 1. The fraction of sp³-hybridized carbons (Fsp3) is 0.900. The number of nitrogens with one attached hydrogen (secondary N) is 1. The van der Waals surface area contributed by atoms with Crippen LogP contribution in [-0.2, 0) is 16.6 Å². The molecule has 2 aliphatic rings. The van der Waals surface area contributed by atoms with Gasteiger partial charge in [-0.3, -0.25) is 0 Å². The van der Waals surface area contributed by atoms with Gasteiger partial charge in [-0.05, 0) is 18.3 Å². The summed E-state index contributed by atoms with van der Waals surface area (Å²) in [6.07, 6.45) is -5.67. The molecule has 2 N–H and O–H groups in total. The maximum absolute atomic E-state index is 12.1. The number of aliphatic carboxylic acids is 1. The fourth-order valence-corrected chi connectivity index (χ4v) is 2.80. The lowest BCUT2D eigenvalue weighted by Crippen LogP contribution is -2.65. The average Bonchev–Trinajstić information content (AvgIpc) is 2.22. The Kier molecular flexibility index (Phi) is 6.05. The van der Waals surface area contributed by atoms with E-state index in [1.807, 2.05) is 0 Å². The molecule has 0 bridgehead atoms. The molecule has 0 unspecified atom stereocenters. The van der Waals surface area contributed by atoms with Crippen molar-refractivity contribution in [1.82, 2.24) is 9.62 Å². The molecule has 1 saturated carbocycles. The summed E-state index contributed by atoms with van der Waals surface area (Å²) >= 11 is -0.268. The van der Waals surface area contributed by atoms with Crippen molar-refractivity contribution in [2.45, 2.75) is 31.5 Å². The maximum atomic E-state index is 12.1. The molecule has 1 aliphatic heterocycles. The highest BCUT2D eigenvalue weighted by atomic mass is 32.2. The highest BCUT2D eigenvalue weighted by molar-refractivity contribution is 7.63. The lowest BCUT2D eigenvalue weighted by atomic mass is 9.61.